The van der Waals surface area contributed by atoms with Crippen molar-refractivity contribution in [1.82, 2.24) is 0 Å². The van der Waals surface area contributed by atoms with E-state index in [4.69, 9.17) is 9.15 Å². The lowest BCUT2D eigenvalue weighted by molar-refractivity contribution is 0.0504. The van der Waals surface area contributed by atoms with Crippen molar-refractivity contribution in [3.63, 3.8) is 0 Å². The van der Waals surface area contributed by atoms with Crippen LogP contribution in [0.5, 0.6) is 0 Å². The van der Waals surface area contributed by atoms with Crippen LogP contribution in [-0.4, -0.2) is 27.3 Å². The second-order valence-electron chi connectivity index (χ2n) is 4.44. The molecule has 2 aromatic rings. The fraction of sp³-hybridized carbons (Fsp3) is 0.200. The van der Waals surface area contributed by atoms with E-state index in [0.29, 0.717) is 12.7 Å². The summed E-state index contributed by atoms with van der Waals surface area (Å²) in [6.45, 7) is 2.12. The van der Waals surface area contributed by atoms with Gasteiger partial charge in [0, 0.05) is 0 Å². The molecule has 0 aliphatic rings. The zero-order valence-corrected chi connectivity index (χ0v) is 12.6. The molecular weight excluding hydrogens is 308 g/mol. The normalized spacial score (nSPS) is 11.1. The van der Waals surface area contributed by atoms with Gasteiger partial charge in [-0.2, -0.15) is 0 Å². The molecule has 0 unspecified atom stereocenters. The summed E-state index contributed by atoms with van der Waals surface area (Å²) in [6, 6.07) is 7.93. The standard InChI is InChI=1S/C15H14O6S/c1-2-8-20-15(17)11-4-3-5-13(9-11)22(18,19)14-7-6-12(10-16)21-14/h3-7,9-10H,2,8H2,1H3. The predicted molar refractivity (Wildman–Crippen MR) is 76.6 cm³/mol. The molecule has 0 amide bonds. The molecule has 0 spiro atoms. The van der Waals surface area contributed by atoms with Crippen LogP contribution in [0.4, 0.5) is 0 Å². The minimum absolute atomic E-state index is 0.0860. The average molecular weight is 322 g/mol. The second kappa shape index (κ2) is 6.57. The Hall–Kier alpha value is -2.41. The zero-order chi connectivity index (χ0) is 16.2. The van der Waals surface area contributed by atoms with Crippen molar-refractivity contribution in [2.24, 2.45) is 0 Å². The fourth-order valence-corrected chi connectivity index (χ4v) is 2.95. The Morgan fingerprint density at radius 2 is 2.05 bits per heavy atom. The minimum Gasteiger partial charge on any atom is -0.462 e. The lowest BCUT2D eigenvalue weighted by Crippen LogP contribution is -2.08. The topological polar surface area (TPSA) is 90.7 Å². The zero-order valence-electron chi connectivity index (χ0n) is 11.8. The number of hydrogen-bond acceptors (Lipinski definition) is 6. The molecule has 0 saturated carbocycles. The van der Waals surface area contributed by atoms with Gasteiger partial charge in [0.2, 0.25) is 14.9 Å². The van der Waals surface area contributed by atoms with Crippen molar-refractivity contribution >= 4 is 22.1 Å². The monoisotopic (exact) mass is 322 g/mol. The lowest BCUT2D eigenvalue weighted by atomic mass is 10.2. The molecule has 0 bridgehead atoms. The molecule has 0 saturated heterocycles. The number of furan rings is 1. The number of esters is 1. The molecule has 7 heteroatoms. The van der Waals surface area contributed by atoms with E-state index in [2.05, 4.69) is 0 Å². The molecule has 0 N–H and O–H groups in total. The van der Waals surface area contributed by atoms with Gasteiger partial charge in [0.1, 0.15) is 0 Å². The molecule has 0 aliphatic heterocycles. The molecule has 0 radical (unpaired) electrons. The Morgan fingerprint density at radius 1 is 1.27 bits per heavy atom. The number of carbonyl (C=O) groups excluding carboxylic acids is 2. The molecule has 6 nitrogen and oxygen atoms in total. The van der Waals surface area contributed by atoms with Crippen LogP contribution < -0.4 is 0 Å². The van der Waals surface area contributed by atoms with Crippen LogP contribution in [0.3, 0.4) is 0 Å². The van der Waals surface area contributed by atoms with Gasteiger partial charge in [0.05, 0.1) is 17.1 Å². The van der Waals surface area contributed by atoms with Crippen LogP contribution in [0.15, 0.2) is 50.8 Å². The van der Waals surface area contributed by atoms with Crippen LogP contribution in [-0.2, 0) is 14.6 Å². The molecule has 116 valence electrons. The second-order valence-corrected chi connectivity index (χ2v) is 6.32. The van der Waals surface area contributed by atoms with Crippen LogP contribution in [0.1, 0.15) is 34.3 Å². The number of hydrogen-bond donors (Lipinski definition) is 0. The van der Waals surface area contributed by atoms with E-state index < -0.39 is 15.8 Å². The minimum atomic E-state index is -3.94. The smallest absolute Gasteiger partial charge is 0.338 e. The number of ether oxygens (including phenoxy) is 1. The molecule has 22 heavy (non-hydrogen) atoms. The van der Waals surface area contributed by atoms with Crippen LogP contribution in [0, 0.1) is 0 Å². The van der Waals surface area contributed by atoms with E-state index in [1.165, 1.54) is 36.4 Å². The van der Waals surface area contributed by atoms with Crippen molar-refractivity contribution in [3.8, 4) is 0 Å². The van der Waals surface area contributed by atoms with E-state index in [-0.39, 0.29) is 27.9 Å². The first-order valence-electron chi connectivity index (χ1n) is 6.56. The molecule has 1 heterocycles. The van der Waals surface area contributed by atoms with Gasteiger partial charge in [-0.25, -0.2) is 13.2 Å². The summed E-state index contributed by atoms with van der Waals surface area (Å²) in [5.41, 5.74) is 0.136. The fourth-order valence-electron chi connectivity index (χ4n) is 1.73. The van der Waals surface area contributed by atoms with Gasteiger partial charge in [-0.3, -0.25) is 4.79 Å². The average Bonchev–Trinajstić information content (AvgIpc) is 3.02. The number of carbonyl (C=O) groups is 2. The highest BCUT2D eigenvalue weighted by molar-refractivity contribution is 7.91. The maximum absolute atomic E-state index is 12.4. The van der Waals surface area contributed by atoms with Gasteiger partial charge in [0.15, 0.2) is 12.0 Å². The van der Waals surface area contributed by atoms with Crippen LogP contribution in [0.2, 0.25) is 0 Å². The molecule has 2 rings (SSSR count). The third-order valence-corrected chi connectivity index (χ3v) is 4.42. The van der Waals surface area contributed by atoms with Gasteiger partial charge in [-0.15, -0.1) is 0 Å². The Bertz CT molecular complexity index is 788. The van der Waals surface area contributed by atoms with Crippen molar-refractivity contribution < 1.29 is 27.2 Å². The van der Waals surface area contributed by atoms with Gasteiger partial charge in [0.25, 0.3) is 0 Å². The largest absolute Gasteiger partial charge is 0.462 e. The summed E-state index contributed by atoms with van der Waals surface area (Å²) in [7, 11) is -3.94. The Morgan fingerprint density at radius 3 is 2.68 bits per heavy atom. The van der Waals surface area contributed by atoms with Crippen molar-refractivity contribution in [2.75, 3.05) is 6.61 Å². The van der Waals surface area contributed by atoms with Gasteiger partial charge < -0.3 is 9.15 Å². The van der Waals surface area contributed by atoms with Crippen LogP contribution >= 0.6 is 0 Å². The molecule has 1 aromatic carbocycles. The SMILES string of the molecule is CCCOC(=O)c1cccc(S(=O)(=O)c2ccc(C=O)o2)c1. The highest BCUT2D eigenvalue weighted by atomic mass is 32.2. The highest BCUT2D eigenvalue weighted by Gasteiger charge is 2.23. The molecular formula is C15H14O6S. The van der Waals surface area contributed by atoms with Crippen molar-refractivity contribution in [3.05, 3.63) is 47.7 Å². The first-order valence-corrected chi connectivity index (χ1v) is 8.04. The predicted octanol–water partition coefficient (Wildman–Crippen LogP) is 2.49. The van der Waals surface area contributed by atoms with E-state index in [0.717, 1.165) is 0 Å². The maximum Gasteiger partial charge on any atom is 0.338 e. The maximum atomic E-state index is 12.4. The number of rotatable bonds is 6. The highest BCUT2D eigenvalue weighted by Crippen LogP contribution is 2.23. The molecule has 0 aliphatic carbocycles. The number of aldehydes is 1. The van der Waals surface area contributed by atoms with Crippen molar-refractivity contribution in [1.29, 1.82) is 0 Å². The van der Waals surface area contributed by atoms with Crippen molar-refractivity contribution in [2.45, 2.75) is 23.3 Å². The Balaban J connectivity index is 2.35. The first kappa shape index (κ1) is 16.0. The molecule has 0 fully saturated rings. The summed E-state index contributed by atoms with van der Waals surface area (Å²) in [6.07, 6.45) is 1.09. The quantitative estimate of drug-likeness (QED) is 0.599. The lowest BCUT2D eigenvalue weighted by Gasteiger charge is -2.05. The third kappa shape index (κ3) is 3.25. The number of sulfone groups is 1. The van der Waals surface area contributed by atoms with E-state index in [9.17, 15) is 18.0 Å². The summed E-state index contributed by atoms with van der Waals surface area (Å²) in [5.74, 6) is -0.677. The van der Waals surface area contributed by atoms with Gasteiger partial charge in [-0.05, 0) is 36.8 Å². The summed E-state index contributed by atoms with van der Waals surface area (Å²) < 4.78 is 34.7. The Kier molecular flexibility index (Phi) is 4.77. The molecule has 0 atom stereocenters. The third-order valence-electron chi connectivity index (χ3n) is 2.80. The van der Waals surface area contributed by atoms with Gasteiger partial charge >= 0.3 is 5.97 Å². The van der Waals surface area contributed by atoms with Crippen LogP contribution in [0.25, 0.3) is 0 Å². The first-order chi connectivity index (χ1) is 10.5. The molecule has 1 aromatic heterocycles. The van der Waals surface area contributed by atoms with E-state index in [1.54, 1.807) is 0 Å². The number of benzene rings is 1. The van der Waals surface area contributed by atoms with E-state index in [1.807, 2.05) is 6.92 Å². The van der Waals surface area contributed by atoms with E-state index >= 15 is 0 Å². The Labute approximate surface area is 127 Å². The van der Waals surface area contributed by atoms with Gasteiger partial charge in [-0.1, -0.05) is 13.0 Å². The summed E-state index contributed by atoms with van der Waals surface area (Å²) in [4.78, 5) is 22.3. The summed E-state index contributed by atoms with van der Waals surface area (Å²) >= 11 is 0. The summed E-state index contributed by atoms with van der Waals surface area (Å²) in [5, 5.41) is -0.353.